The molecule has 146 valence electrons. The van der Waals surface area contributed by atoms with E-state index in [0.717, 1.165) is 73.0 Å². The fourth-order valence-electron chi connectivity index (χ4n) is 3.52. The predicted octanol–water partition coefficient (Wildman–Crippen LogP) is 3.88. The van der Waals surface area contributed by atoms with Crippen molar-refractivity contribution in [3.05, 3.63) is 51.8 Å². The molecule has 1 aromatic heterocycles. The molecule has 0 unspecified atom stereocenters. The van der Waals surface area contributed by atoms with Crippen LogP contribution in [0.3, 0.4) is 0 Å². The second-order valence-electron chi connectivity index (χ2n) is 6.97. The maximum Gasteiger partial charge on any atom is 0.161 e. The van der Waals surface area contributed by atoms with Crippen molar-refractivity contribution >= 4 is 15.9 Å². The molecule has 2 aromatic rings. The number of rotatable bonds is 6. The molecule has 0 spiro atoms. The maximum atomic E-state index is 5.46. The van der Waals surface area contributed by atoms with Crippen LogP contribution in [-0.2, 0) is 13.1 Å². The smallest absolute Gasteiger partial charge is 0.161 e. The first-order valence-electron chi connectivity index (χ1n) is 9.36. The summed E-state index contributed by atoms with van der Waals surface area (Å²) in [7, 11) is 3.34. The number of aryl methyl sites for hydroxylation is 1. The fraction of sp³-hybridized carbons (Fsp3) is 0.476. The summed E-state index contributed by atoms with van der Waals surface area (Å²) in [6, 6.07) is 10.3. The Labute approximate surface area is 170 Å². The molecule has 0 atom stereocenters. The molecule has 0 amide bonds. The summed E-state index contributed by atoms with van der Waals surface area (Å²) < 4.78 is 11.9. The summed E-state index contributed by atoms with van der Waals surface area (Å²) in [5.41, 5.74) is 3.47. The average Bonchev–Trinajstić information content (AvgIpc) is 2.88. The fourth-order valence-corrected chi connectivity index (χ4v) is 3.96. The molecule has 1 aliphatic heterocycles. The van der Waals surface area contributed by atoms with E-state index < -0.39 is 0 Å². The standard InChI is InChI=1S/C21H28BrN3O2/c1-16-6-4-7-18(23-16)15-25-9-5-8-24(10-11-25)14-17-12-20(26-2)21(27-3)13-19(17)22/h4,6-7,12-13H,5,8-11,14-15H2,1-3H3. The predicted molar refractivity (Wildman–Crippen MR) is 111 cm³/mol. The van der Waals surface area contributed by atoms with Crippen molar-refractivity contribution in [1.29, 1.82) is 0 Å². The van der Waals surface area contributed by atoms with Gasteiger partial charge in [0, 0.05) is 36.3 Å². The Kier molecular flexibility index (Phi) is 7.10. The lowest BCUT2D eigenvalue weighted by atomic mass is 10.2. The third kappa shape index (κ3) is 5.43. The summed E-state index contributed by atoms with van der Waals surface area (Å²) >= 11 is 3.68. The van der Waals surface area contributed by atoms with E-state index >= 15 is 0 Å². The molecule has 0 saturated carbocycles. The van der Waals surface area contributed by atoms with Gasteiger partial charge in [0.2, 0.25) is 0 Å². The van der Waals surface area contributed by atoms with Crippen LogP contribution in [0.5, 0.6) is 11.5 Å². The molecule has 0 aliphatic carbocycles. The van der Waals surface area contributed by atoms with Gasteiger partial charge in [0.25, 0.3) is 0 Å². The highest BCUT2D eigenvalue weighted by molar-refractivity contribution is 9.10. The minimum atomic E-state index is 0.751. The van der Waals surface area contributed by atoms with Crippen molar-refractivity contribution in [2.24, 2.45) is 0 Å². The summed E-state index contributed by atoms with van der Waals surface area (Å²) in [5.74, 6) is 1.53. The minimum absolute atomic E-state index is 0.751. The van der Waals surface area contributed by atoms with E-state index in [1.165, 1.54) is 5.56 Å². The van der Waals surface area contributed by atoms with Gasteiger partial charge in [-0.15, -0.1) is 0 Å². The van der Waals surface area contributed by atoms with Crippen LogP contribution in [0.1, 0.15) is 23.4 Å². The van der Waals surface area contributed by atoms with Gasteiger partial charge < -0.3 is 9.47 Å². The summed E-state index contributed by atoms with van der Waals surface area (Å²) in [4.78, 5) is 9.66. The molecular formula is C21H28BrN3O2. The first-order valence-corrected chi connectivity index (χ1v) is 10.2. The first-order chi connectivity index (χ1) is 13.1. The van der Waals surface area contributed by atoms with Crippen LogP contribution >= 0.6 is 15.9 Å². The Morgan fingerprint density at radius 2 is 1.63 bits per heavy atom. The second-order valence-corrected chi connectivity index (χ2v) is 7.83. The number of pyridine rings is 1. The van der Waals surface area contributed by atoms with Crippen molar-refractivity contribution in [2.45, 2.75) is 26.4 Å². The van der Waals surface area contributed by atoms with Crippen LogP contribution in [0.4, 0.5) is 0 Å². The van der Waals surface area contributed by atoms with Gasteiger partial charge >= 0.3 is 0 Å². The van der Waals surface area contributed by atoms with Crippen LogP contribution in [0.25, 0.3) is 0 Å². The number of methoxy groups -OCH3 is 2. The zero-order chi connectivity index (χ0) is 19.2. The molecule has 1 saturated heterocycles. The Morgan fingerprint density at radius 1 is 0.963 bits per heavy atom. The minimum Gasteiger partial charge on any atom is -0.493 e. The topological polar surface area (TPSA) is 37.8 Å². The summed E-state index contributed by atoms with van der Waals surface area (Å²) in [6.45, 7) is 8.19. The van der Waals surface area contributed by atoms with Crippen molar-refractivity contribution < 1.29 is 9.47 Å². The second kappa shape index (κ2) is 9.53. The van der Waals surface area contributed by atoms with Crippen molar-refractivity contribution in [3.8, 4) is 11.5 Å². The molecule has 0 bridgehead atoms. The summed E-state index contributed by atoms with van der Waals surface area (Å²) in [5, 5.41) is 0. The number of benzene rings is 1. The van der Waals surface area contributed by atoms with Crippen molar-refractivity contribution in [1.82, 2.24) is 14.8 Å². The lowest BCUT2D eigenvalue weighted by molar-refractivity contribution is 0.245. The van der Waals surface area contributed by atoms with Crippen molar-refractivity contribution in [3.63, 3.8) is 0 Å². The number of nitrogens with zero attached hydrogens (tertiary/aromatic N) is 3. The lowest BCUT2D eigenvalue weighted by Gasteiger charge is -2.22. The van der Waals surface area contributed by atoms with Gasteiger partial charge in [0.15, 0.2) is 11.5 Å². The van der Waals surface area contributed by atoms with Crippen molar-refractivity contribution in [2.75, 3.05) is 40.4 Å². The van der Waals surface area contributed by atoms with Crippen LogP contribution in [0, 0.1) is 6.92 Å². The van der Waals surface area contributed by atoms with Gasteiger partial charge in [-0.25, -0.2) is 0 Å². The van der Waals surface area contributed by atoms with Gasteiger partial charge in [-0.2, -0.15) is 0 Å². The van der Waals surface area contributed by atoms with Crippen LogP contribution < -0.4 is 9.47 Å². The van der Waals surface area contributed by atoms with E-state index in [9.17, 15) is 0 Å². The van der Waals surface area contributed by atoms with E-state index in [4.69, 9.17) is 9.47 Å². The third-order valence-electron chi connectivity index (χ3n) is 4.96. The SMILES string of the molecule is COc1cc(Br)c(CN2CCCN(Cc3cccc(C)n3)CC2)cc1OC. The highest BCUT2D eigenvalue weighted by Crippen LogP contribution is 2.34. The number of hydrogen-bond donors (Lipinski definition) is 0. The van der Waals surface area contributed by atoms with Crippen LogP contribution in [0.2, 0.25) is 0 Å². The third-order valence-corrected chi connectivity index (χ3v) is 5.70. The molecule has 27 heavy (non-hydrogen) atoms. The van der Waals surface area contributed by atoms with Gasteiger partial charge in [-0.05, 0) is 56.3 Å². The molecule has 0 radical (unpaired) electrons. The Hall–Kier alpha value is -1.63. The van der Waals surface area contributed by atoms with E-state index in [1.807, 2.05) is 6.07 Å². The molecule has 0 N–H and O–H groups in total. The van der Waals surface area contributed by atoms with Crippen LogP contribution in [0.15, 0.2) is 34.8 Å². The molecular weight excluding hydrogens is 406 g/mol. The van der Waals surface area contributed by atoms with Gasteiger partial charge in [0.05, 0.1) is 19.9 Å². The largest absolute Gasteiger partial charge is 0.493 e. The van der Waals surface area contributed by atoms with Gasteiger partial charge in [0.1, 0.15) is 0 Å². The van der Waals surface area contributed by atoms with Gasteiger partial charge in [-0.1, -0.05) is 22.0 Å². The highest BCUT2D eigenvalue weighted by Gasteiger charge is 2.18. The zero-order valence-corrected chi connectivity index (χ0v) is 18.0. The maximum absolute atomic E-state index is 5.46. The lowest BCUT2D eigenvalue weighted by Crippen LogP contribution is -2.30. The number of halogens is 1. The number of ether oxygens (including phenoxy) is 2. The number of hydrogen-bond acceptors (Lipinski definition) is 5. The molecule has 1 aliphatic rings. The van der Waals surface area contributed by atoms with Gasteiger partial charge in [-0.3, -0.25) is 14.8 Å². The monoisotopic (exact) mass is 433 g/mol. The van der Waals surface area contributed by atoms with E-state index in [-0.39, 0.29) is 0 Å². The average molecular weight is 434 g/mol. The number of aromatic nitrogens is 1. The molecule has 6 heteroatoms. The van der Waals surface area contributed by atoms with Crippen LogP contribution in [-0.4, -0.2) is 55.2 Å². The van der Waals surface area contributed by atoms with E-state index in [2.05, 4.69) is 61.9 Å². The Balaban J connectivity index is 1.61. The molecule has 3 rings (SSSR count). The highest BCUT2D eigenvalue weighted by atomic mass is 79.9. The van der Waals surface area contributed by atoms with E-state index in [1.54, 1.807) is 14.2 Å². The molecule has 2 heterocycles. The first kappa shape index (κ1) is 20.1. The quantitative estimate of drug-likeness (QED) is 0.690. The summed E-state index contributed by atoms with van der Waals surface area (Å²) in [6.07, 6.45) is 1.16. The Morgan fingerprint density at radius 3 is 2.30 bits per heavy atom. The molecule has 5 nitrogen and oxygen atoms in total. The molecule has 1 aromatic carbocycles. The van der Waals surface area contributed by atoms with E-state index in [0.29, 0.717) is 0 Å². The molecule has 1 fully saturated rings. The zero-order valence-electron chi connectivity index (χ0n) is 16.4. The Bertz CT molecular complexity index is 769. The normalized spacial score (nSPS) is 16.1.